The molecule has 1 amide bonds. The van der Waals surface area contributed by atoms with Gasteiger partial charge in [-0.2, -0.15) is 0 Å². The molecule has 2 atom stereocenters. The number of nitrogens with zero attached hydrogens (tertiary/aromatic N) is 3. The molecule has 0 spiro atoms. The van der Waals surface area contributed by atoms with E-state index in [-0.39, 0.29) is 12.5 Å². The molecule has 0 radical (unpaired) electrons. The maximum Gasteiger partial charge on any atom is 0.243 e. The lowest BCUT2D eigenvalue weighted by atomic mass is 10.2. The lowest BCUT2D eigenvalue weighted by molar-refractivity contribution is -0.127. The van der Waals surface area contributed by atoms with E-state index in [1.807, 2.05) is 17.8 Å². The molecule has 1 heterocycles. The average Bonchev–Trinajstić information content (AvgIpc) is 3.15. The molecule has 2 rings (SSSR count). The lowest BCUT2D eigenvalue weighted by Gasteiger charge is -2.24. The third-order valence-electron chi connectivity index (χ3n) is 4.92. The molecular weight excluding hydrogens is 370 g/mol. The van der Waals surface area contributed by atoms with Gasteiger partial charge in [-0.1, -0.05) is 32.0 Å². The monoisotopic (exact) mass is 405 g/mol. The molecule has 0 bridgehead atoms. The predicted octanol–water partition coefficient (Wildman–Crippen LogP) is 2.27. The Labute approximate surface area is 174 Å². The number of carbonyl (C=O) groups excluding carboxylic acids is 1. The van der Waals surface area contributed by atoms with Crippen molar-refractivity contribution in [1.82, 2.24) is 20.4 Å². The highest BCUT2D eigenvalue weighted by Crippen LogP contribution is 2.22. The Hall–Kier alpha value is -1.73. The summed E-state index contributed by atoms with van der Waals surface area (Å²) in [7, 11) is 3.52. The van der Waals surface area contributed by atoms with Gasteiger partial charge in [-0.3, -0.25) is 9.69 Å². The fourth-order valence-corrected chi connectivity index (χ4v) is 4.18. The Kier molecular flexibility index (Phi) is 9.64. The molecule has 0 saturated carbocycles. The van der Waals surface area contributed by atoms with Gasteiger partial charge in [-0.25, -0.2) is 4.99 Å². The molecule has 28 heavy (non-hydrogen) atoms. The van der Waals surface area contributed by atoms with Gasteiger partial charge in [0.15, 0.2) is 5.96 Å². The van der Waals surface area contributed by atoms with Crippen molar-refractivity contribution >= 4 is 23.6 Å². The first-order valence-electron chi connectivity index (χ1n) is 10.2. The Morgan fingerprint density at radius 3 is 2.75 bits per heavy atom. The minimum atomic E-state index is 0.00357. The standard InChI is InChI=1S/C21H35N5OS/c1-5-26-13-9-10-18(26)15-23-21(24-16-20(27)25(3)4)22-14-17(2)28-19-11-7-6-8-12-19/h6-8,11-12,17-18H,5,9-10,13-16H2,1-4H3,(H2,22,23,24). The van der Waals surface area contributed by atoms with Crippen LogP contribution < -0.4 is 10.6 Å². The van der Waals surface area contributed by atoms with Crippen LogP contribution in [0.4, 0.5) is 0 Å². The van der Waals surface area contributed by atoms with Gasteiger partial charge in [0.1, 0.15) is 6.54 Å². The van der Waals surface area contributed by atoms with Crippen LogP contribution >= 0.6 is 11.8 Å². The minimum Gasteiger partial charge on any atom is -0.355 e. The molecule has 1 aliphatic rings. The van der Waals surface area contributed by atoms with Gasteiger partial charge in [0.2, 0.25) is 5.91 Å². The summed E-state index contributed by atoms with van der Waals surface area (Å²) >= 11 is 1.83. The van der Waals surface area contributed by atoms with Gasteiger partial charge in [-0.05, 0) is 38.1 Å². The number of thioether (sulfide) groups is 1. The molecule has 7 heteroatoms. The normalized spacial score (nSPS) is 18.7. The zero-order valence-electron chi connectivity index (χ0n) is 17.6. The second-order valence-corrected chi connectivity index (χ2v) is 8.89. The van der Waals surface area contributed by atoms with Gasteiger partial charge < -0.3 is 15.5 Å². The number of guanidine groups is 1. The molecule has 156 valence electrons. The van der Waals surface area contributed by atoms with Crippen LogP contribution in [0.1, 0.15) is 26.7 Å². The van der Waals surface area contributed by atoms with Crippen LogP contribution in [0, 0.1) is 0 Å². The molecule has 1 aromatic carbocycles. The predicted molar refractivity (Wildman–Crippen MR) is 119 cm³/mol. The summed E-state index contributed by atoms with van der Waals surface area (Å²) in [4.78, 5) is 21.8. The summed E-state index contributed by atoms with van der Waals surface area (Å²) in [6, 6.07) is 11.0. The second-order valence-electron chi connectivity index (χ2n) is 7.38. The van der Waals surface area contributed by atoms with E-state index in [1.165, 1.54) is 24.3 Å². The maximum atomic E-state index is 11.9. The van der Waals surface area contributed by atoms with Crippen molar-refractivity contribution in [3.05, 3.63) is 30.3 Å². The summed E-state index contributed by atoms with van der Waals surface area (Å²) in [5.41, 5.74) is 0. The molecule has 2 unspecified atom stereocenters. The van der Waals surface area contributed by atoms with E-state index in [9.17, 15) is 4.79 Å². The van der Waals surface area contributed by atoms with Gasteiger partial charge in [0.25, 0.3) is 0 Å². The van der Waals surface area contributed by atoms with E-state index in [4.69, 9.17) is 0 Å². The van der Waals surface area contributed by atoms with Crippen molar-refractivity contribution in [2.75, 3.05) is 46.8 Å². The molecule has 0 aliphatic carbocycles. The SMILES string of the molecule is CCN1CCCC1CNC(=NCC(=O)N(C)C)NCC(C)Sc1ccccc1. The molecule has 1 aliphatic heterocycles. The summed E-state index contributed by atoms with van der Waals surface area (Å²) in [6.07, 6.45) is 2.47. The number of rotatable bonds is 9. The van der Waals surface area contributed by atoms with Crippen molar-refractivity contribution < 1.29 is 4.79 Å². The summed E-state index contributed by atoms with van der Waals surface area (Å²) < 4.78 is 0. The number of likely N-dealkylation sites (N-methyl/N-ethyl adjacent to an activating group) is 2. The lowest BCUT2D eigenvalue weighted by Crippen LogP contribution is -2.46. The number of carbonyl (C=O) groups is 1. The van der Waals surface area contributed by atoms with E-state index in [1.54, 1.807) is 19.0 Å². The van der Waals surface area contributed by atoms with Crippen LogP contribution in [0.2, 0.25) is 0 Å². The van der Waals surface area contributed by atoms with Gasteiger partial charge in [0, 0.05) is 43.4 Å². The second kappa shape index (κ2) is 12.0. The van der Waals surface area contributed by atoms with Gasteiger partial charge in [0.05, 0.1) is 0 Å². The Morgan fingerprint density at radius 1 is 1.32 bits per heavy atom. The molecule has 1 saturated heterocycles. The highest BCUT2D eigenvalue weighted by atomic mass is 32.2. The average molecular weight is 406 g/mol. The van der Waals surface area contributed by atoms with Crippen LogP contribution in [0.15, 0.2) is 40.2 Å². The first-order chi connectivity index (χ1) is 13.5. The third kappa shape index (κ3) is 7.72. The topological polar surface area (TPSA) is 60.0 Å². The van der Waals surface area contributed by atoms with Crippen molar-refractivity contribution in [3.63, 3.8) is 0 Å². The number of hydrogen-bond donors (Lipinski definition) is 2. The minimum absolute atomic E-state index is 0.00357. The number of likely N-dealkylation sites (tertiary alicyclic amines) is 1. The van der Waals surface area contributed by atoms with Crippen molar-refractivity contribution in [1.29, 1.82) is 0 Å². The number of amides is 1. The third-order valence-corrected chi connectivity index (χ3v) is 6.03. The molecule has 1 aromatic rings. The number of aliphatic imine (C=N–C) groups is 1. The van der Waals surface area contributed by atoms with Crippen LogP contribution in [0.25, 0.3) is 0 Å². The van der Waals surface area contributed by atoms with Crippen molar-refractivity contribution in [2.24, 2.45) is 4.99 Å². The summed E-state index contributed by atoms with van der Waals surface area (Å²) in [6.45, 7) is 8.46. The Bertz CT molecular complexity index is 622. The van der Waals surface area contributed by atoms with E-state index in [0.29, 0.717) is 11.3 Å². The molecule has 6 nitrogen and oxygen atoms in total. The number of benzene rings is 1. The molecule has 0 aromatic heterocycles. The van der Waals surface area contributed by atoms with Crippen LogP contribution in [-0.2, 0) is 4.79 Å². The van der Waals surface area contributed by atoms with E-state index < -0.39 is 0 Å². The Morgan fingerprint density at radius 2 is 2.07 bits per heavy atom. The maximum absolute atomic E-state index is 11.9. The molecule has 1 fully saturated rings. The molecule has 2 N–H and O–H groups in total. The quantitative estimate of drug-likeness (QED) is 0.375. The molecular formula is C21H35N5OS. The highest BCUT2D eigenvalue weighted by Gasteiger charge is 2.23. The summed E-state index contributed by atoms with van der Waals surface area (Å²) in [5.74, 6) is 0.725. The fourth-order valence-electron chi connectivity index (χ4n) is 3.23. The van der Waals surface area contributed by atoms with Crippen LogP contribution in [0.5, 0.6) is 0 Å². The van der Waals surface area contributed by atoms with Crippen molar-refractivity contribution in [2.45, 2.75) is 42.9 Å². The van der Waals surface area contributed by atoms with Crippen LogP contribution in [-0.4, -0.2) is 79.8 Å². The Balaban J connectivity index is 1.89. The fraction of sp³-hybridized carbons (Fsp3) is 0.619. The van der Waals surface area contributed by atoms with E-state index in [0.717, 1.165) is 25.6 Å². The largest absolute Gasteiger partial charge is 0.355 e. The van der Waals surface area contributed by atoms with E-state index in [2.05, 4.69) is 58.6 Å². The number of hydrogen-bond acceptors (Lipinski definition) is 4. The summed E-state index contributed by atoms with van der Waals surface area (Å²) in [5, 5.41) is 7.26. The van der Waals surface area contributed by atoms with Gasteiger partial charge in [-0.15, -0.1) is 11.8 Å². The highest BCUT2D eigenvalue weighted by molar-refractivity contribution is 8.00. The zero-order chi connectivity index (χ0) is 20.4. The zero-order valence-corrected chi connectivity index (χ0v) is 18.5. The van der Waals surface area contributed by atoms with Crippen LogP contribution in [0.3, 0.4) is 0 Å². The first kappa shape index (κ1) is 22.6. The van der Waals surface area contributed by atoms with Gasteiger partial charge >= 0.3 is 0 Å². The van der Waals surface area contributed by atoms with E-state index >= 15 is 0 Å². The first-order valence-corrected chi connectivity index (χ1v) is 11.1. The smallest absolute Gasteiger partial charge is 0.243 e. The number of nitrogens with one attached hydrogen (secondary N) is 2. The van der Waals surface area contributed by atoms with Crippen molar-refractivity contribution in [3.8, 4) is 0 Å².